The number of pyridine rings is 1. The lowest BCUT2D eigenvalue weighted by Crippen LogP contribution is -2.35. The Morgan fingerprint density at radius 1 is 0.966 bits per heavy atom. The smallest absolute Gasteiger partial charge is 0.280 e. The molecule has 3 aromatic carbocycles. The molecule has 0 amide bonds. The molecule has 0 aliphatic carbocycles. The summed E-state index contributed by atoms with van der Waals surface area (Å²) in [6, 6.07) is 22.9. The Balaban J connectivity index is 1.78. The van der Waals surface area contributed by atoms with E-state index in [1.54, 1.807) is 6.07 Å². The molecule has 0 radical (unpaired) electrons. The van der Waals surface area contributed by atoms with E-state index in [4.69, 9.17) is 0 Å². The highest BCUT2D eigenvalue weighted by atomic mass is 16.6. The molecule has 0 aliphatic heterocycles. The predicted octanol–water partition coefficient (Wildman–Crippen LogP) is 5.23. The fraction of sp³-hybridized carbons (Fsp3) is 0.174. The van der Waals surface area contributed by atoms with Gasteiger partial charge in [-0.3, -0.25) is 15.4 Å². The quantitative estimate of drug-likeness (QED) is 0.197. The third-order valence-electron chi connectivity index (χ3n) is 5.00. The van der Waals surface area contributed by atoms with Gasteiger partial charge in [-0.15, -0.1) is 0 Å². The van der Waals surface area contributed by atoms with Crippen LogP contribution in [-0.4, -0.2) is 16.1 Å². The molecule has 6 nitrogen and oxygen atoms in total. The number of nitrogens with zero attached hydrogens (tertiary/aromatic N) is 2. The molecule has 0 bridgehead atoms. The molecule has 1 heterocycles. The number of nitro benzene ring substituents is 1. The minimum absolute atomic E-state index is 0.0518. The van der Waals surface area contributed by atoms with Crippen molar-refractivity contribution >= 4 is 33.2 Å². The minimum Gasteiger partial charge on any atom is -0.369 e. The van der Waals surface area contributed by atoms with Crippen molar-refractivity contribution in [2.24, 2.45) is 0 Å². The molecule has 0 fully saturated rings. The fourth-order valence-corrected chi connectivity index (χ4v) is 3.54. The van der Waals surface area contributed by atoms with Crippen LogP contribution < -0.4 is 10.6 Å². The summed E-state index contributed by atoms with van der Waals surface area (Å²) in [5.74, 6) is 0. The number of nitro groups is 1. The number of hydrogen-bond donors (Lipinski definition) is 2. The lowest BCUT2D eigenvalue weighted by molar-refractivity contribution is -0.383. The van der Waals surface area contributed by atoms with Gasteiger partial charge in [0.25, 0.3) is 5.69 Å². The molecule has 1 unspecified atom stereocenters. The van der Waals surface area contributed by atoms with E-state index in [0.29, 0.717) is 17.4 Å². The van der Waals surface area contributed by atoms with E-state index < -0.39 is 0 Å². The number of para-hydroxylation sites is 1. The Kier molecular flexibility index (Phi) is 5.35. The van der Waals surface area contributed by atoms with Crippen LogP contribution in [0.25, 0.3) is 21.8 Å². The predicted molar refractivity (Wildman–Crippen MR) is 117 cm³/mol. The second-order valence-electron chi connectivity index (χ2n) is 6.90. The molecule has 1 aromatic heterocycles. The lowest BCUT2D eigenvalue weighted by atomic mass is 10.1. The molecule has 4 aromatic rings. The number of nitrogens with one attached hydrogen (secondary N) is 2. The summed E-state index contributed by atoms with van der Waals surface area (Å²) in [5.41, 5.74) is 3.40. The molecule has 29 heavy (non-hydrogen) atoms. The third kappa shape index (κ3) is 3.88. The molecule has 146 valence electrons. The summed E-state index contributed by atoms with van der Waals surface area (Å²) in [6.07, 6.45) is 0.759. The lowest BCUT2D eigenvalue weighted by Gasteiger charge is -2.22. The molecule has 0 saturated carbocycles. The summed E-state index contributed by atoms with van der Waals surface area (Å²) >= 11 is 0. The van der Waals surface area contributed by atoms with Crippen LogP contribution in [0, 0.1) is 10.1 Å². The van der Waals surface area contributed by atoms with Gasteiger partial charge in [0.1, 0.15) is 5.39 Å². The maximum absolute atomic E-state index is 11.7. The van der Waals surface area contributed by atoms with Gasteiger partial charge in [0.15, 0.2) is 0 Å². The van der Waals surface area contributed by atoms with Crippen molar-refractivity contribution in [2.45, 2.75) is 26.1 Å². The van der Waals surface area contributed by atoms with Crippen molar-refractivity contribution in [3.63, 3.8) is 0 Å². The Bertz CT molecular complexity index is 1160. The molecule has 0 saturated heterocycles. The van der Waals surface area contributed by atoms with E-state index in [2.05, 4.69) is 34.7 Å². The average molecular weight is 386 g/mol. The molecular formula is C23H22N4O2. The van der Waals surface area contributed by atoms with Crippen LogP contribution in [0.1, 0.15) is 18.9 Å². The largest absolute Gasteiger partial charge is 0.369 e. The van der Waals surface area contributed by atoms with Gasteiger partial charge in [-0.2, -0.15) is 0 Å². The van der Waals surface area contributed by atoms with E-state index >= 15 is 0 Å². The topological polar surface area (TPSA) is 80.1 Å². The number of non-ortho nitro benzene ring substituents is 1. The summed E-state index contributed by atoms with van der Waals surface area (Å²) in [5, 5.41) is 20.1. The number of anilines is 1. The molecule has 4 rings (SSSR count). The van der Waals surface area contributed by atoms with Crippen molar-refractivity contribution < 1.29 is 4.92 Å². The number of rotatable bonds is 7. The SMILES string of the molecule is CCC(NCc1ccccc1)Nc1c2ccccc2nc2cccc([N+](=O)[O-])c12. The van der Waals surface area contributed by atoms with Crippen LogP contribution in [0.4, 0.5) is 11.4 Å². The van der Waals surface area contributed by atoms with Crippen LogP contribution in [0.15, 0.2) is 72.8 Å². The second-order valence-corrected chi connectivity index (χ2v) is 6.90. The summed E-state index contributed by atoms with van der Waals surface area (Å²) < 4.78 is 0. The van der Waals surface area contributed by atoms with Crippen LogP contribution >= 0.6 is 0 Å². The number of hydrogen-bond acceptors (Lipinski definition) is 5. The summed E-state index contributed by atoms with van der Waals surface area (Å²) in [6.45, 7) is 2.78. The van der Waals surface area contributed by atoms with Gasteiger partial charge in [0.05, 0.1) is 27.8 Å². The Hall–Kier alpha value is -3.51. The highest BCUT2D eigenvalue weighted by molar-refractivity contribution is 6.11. The van der Waals surface area contributed by atoms with Crippen LogP contribution in [-0.2, 0) is 6.54 Å². The molecule has 1 atom stereocenters. The van der Waals surface area contributed by atoms with E-state index in [1.807, 2.05) is 48.5 Å². The van der Waals surface area contributed by atoms with E-state index in [0.717, 1.165) is 23.0 Å². The van der Waals surface area contributed by atoms with Crippen LogP contribution in [0.3, 0.4) is 0 Å². The first-order chi connectivity index (χ1) is 14.2. The van der Waals surface area contributed by atoms with Crippen molar-refractivity contribution in [2.75, 3.05) is 5.32 Å². The molecule has 2 N–H and O–H groups in total. The van der Waals surface area contributed by atoms with Gasteiger partial charge in [0, 0.05) is 18.0 Å². The number of aromatic nitrogens is 1. The zero-order valence-corrected chi connectivity index (χ0v) is 16.1. The van der Waals surface area contributed by atoms with Crippen molar-refractivity contribution in [3.8, 4) is 0 Å². The highest BCUT2D eigenvalue weighted by Gasteiger charge is 2.20. The average Bonchev–Trinajstić information content (AvgIpc) is 2.76. The first-order valence-electron chi connectivity index (χ1n) is 9.67. The number of fused-ring (bicyclic) bond motifs is 2. The fourth-order valence-electron chi connectivity index (χ4n) is 3.54. The van der Waals surface area contributed by atoms with Crippen LogP contribution in [0.2, 0.25) is 0 Å². The summed E-state index contributed by atoms with van der Waals surface area (Å²) in [7, 11) is 0. The number of benzene rings is 3. The zero-order valence-electron chi connectivity index (χ0n) is 16.1. The summed E-state index contributed by atoms with van der Waals surface area (Å²) in [4.78, 5) is 16.0. The van der Waals surface area contributed by atoms with E-state index in [-0.39, 0.29) is 16.8 Å². The van der Waals surface area contributed by atoms with Gasteiger partial charge >= 0.3 is 0 Å². The van der Waals surface area contributed by atoms with Crippen molar-refractivity contribution in [1.29, 1.82) is 0 Å². The highest BCUT2D eigenvalue weighted by Crippen LogP contribution is 2.36. The molecular weight excluding hydrogens is 364 g/mol. The van der Waals surface area contributed by atoms with Gasteiger partial charge in [-0.25, -0.2) is 4.98 Å². The van der Waals surface area contributed by atoms with E-state index in [9.17, 15) is 10.1 Å². The molecule has 0 spiro atoms. The molecule has 6 heteroatoms. The Morgan fingerprint density at radius 3 is 2.45 bits per heavy atom. The Morgan fingerprint density at radius 2 is 1.69 bits per heavy atom. The van der Waals surface area contributed by atoms with Crippen LogP contribution in [0.5, 0.6) is 0 Å². The van der Waals surface area contributed by atoms with Crippen molar-refractivity contribution in [1.82, 2.24) is 10.3 Å². The maximum Gasteiger partial charge on any atom is 0.280 e. The Labute approximate surface area is 168 Å². The zero-order chi connectivity index (χ0) is 20.2. The third-order valence-corrected chi connectivity index (χ3v) is 5.00. The minimum atomic E-state index is -0.345. The first-order valence-corrected chi connectivity index (χ1v) is 9.67. The standard InChI is InChI=1S/C23H22N4O2/c1-2-21(24-15-16-9-4-3-5-10-16)26-23-17-11-6-7-12-18(17)25-19-13-8-14-20(22(19)23)27(28)29/h3-14,21,24H,2,15H2,1H3,(H,25,26). The van der Waals surface area contributed by atoms with Crippen molar-refractivity contribution in [3.05, 3.63) is 88.5 Å². The van der Waals surface area contributed by atoms with Gasteiger partial charge in [-0.1, -0.05) is 61.5 Å². The van der Waals surface area contributed by atoms with Gasteiger partial charge in [0.2, 0.25) is 0 Å². The second kappa shape index (κ2) is 8.24. The normalized spacial score (nSPS) is 12.2. The molecule has 0 aliphatic rings. The maximum atomic E-state index is 11.7. The van der Waals surface area contributed by atoms with Gasteiger partial charge < -0.3 is 5.32 Å². The van der Waals surface area contributed by atoms with Gasteiger partial charge in [-0.05, 0) is 24.1 Å². The monoisotopic (exact) mass is 386 g/mol. The van der Waals surface area contributed by atoms with E-state index in [1.165, 1.54) is 11.6 Å². The first kappa shape index (κ1) is 18.8.